The Morgan fingerprint density at radius 3 is 2.95 bits per heavy atom. The van der Waals surface area contributed by atoms with E-state index in [4.69, 9.17) is 4.74 Å². The molecule has 1 aromatic carbocycles. The van der Waals surface area contributed by atoms with Crippen molar-refractivity contribution in [3.63, 3.8) is 0 Å². The predicted molar refractivity (Wildman–Crippen MR) is 87.4 cm³/mol. The molecule has 0 fully saturated rings. The van der Waals surface area contributed by atoms with Gasteiger partial charge < -0.3 is 15.0 Å². The van der Waals surface area contributed by atoms with Gasteiger partial charge in [0.2, 0.25) is 0 Å². The Labute approximate surface area is 135 Å². The Morgan fingerprint density at radius 2 is 2.18 bits per heavy atom. The molecule has 0 saturated carbocycles. The third-order valence-corrected chi connectivity index (χ3v) is 3.82. The molecule has 0 spiro atoms. The van der Waals surface area contributed by atoms with Gasteiger partial charge in [-0.15, -0.1) is 0 Å². The summed E-state index contributed by atoms with van der Waals surface area (Å²) in [4.78, 5) is 27.0. The molecule has 1 aliphatic rings. The van der Waals surface area contributed by atoms with Crippen LogP contribution >= 0.6 is 15.9 Å². The molecule has 2 N–H and O–H groups in total. The van der Waals surface area contributed by atoms with E-state index in [0.717, 1.165) is 15.7 Å². The second kappa shape index (κ2) is 5.81. The number of hydrogen-bond donors (Lipinski definition) is 2. The number of anilines is 1. The summed E-state index contributed by atoms with van der Waals surface area (Å²) in [6.07, 6.45) is 3.31. The molecule has 0 unspecified atom stereocenters. The van der Waals surface area contributed by atoms with Gasteiger partial charge in [0, 0.05) is 21.9 Å². The number of fused-ring (bicyclic) bond motifs is 1. The van der Waals surface area contributed by atoms with Crippen LogP contribution in [0.5, 0.6) is 0 Å². The largest absolute Gasteiger partial charge is 0.462 e. The summed E-state index contributed by atoms with van der Waals surface area (Å²) < 4.78 is 5.89. The van der Waals surface area contributed by atoms with E-state index in [-0.39, 0.29) is 5.91 Å². The molecular weight excluding hydrogens is 348 g/mol. The van der Waals surface area contributed by atoms with E-state index in [9.17, 15) is 9.59 Å². The predicted octanol–water partition coefficient (Wildman–Crippen LogP) is 3.45. The lowest BCUT2D eigenvalue weighted by Crippen LogP contribution is -2.06. The molecular formula is C16H13BrN2O3. The number of ether oxygens (including phenoxy) is 1. The van der Waals surface area contributed by atoms with Crippen molar-refractivity contribution in [2.24, 2.45) is 0 Å². The lowest BCUT2D eigenvalue weighted by Gasteiger charge is -2.02. The summed E-state index contributed by atoms with van der Waals surface area (Å²) in [6.45, 7) is 2.05. The molecule has 0 atom stereocenters. The van der Waals surface area contributed by atoms with Crippen LogP contribution in [0, 0.1) is 0 Å². The molecule has 112 valence electrons. The fraction of sp³-hybridized carbons (Fsp3) is 0.125. The fourth-order valence-electron chi connectivity index (χ4n) is 2.34. The van der Waals surface area contributed by atoms with Gasteiger partial charge in [-0.3, -0.25) is 4.79 Å². The van der Waals surface area contributed by atoms with Crippen molar-refractivity contribution in [1.29, 1.82) is 0 Å². The molecule has 5 nitrogen and oxygen atoms in total. The van der Waals surface area contributed by atoms with Crippen LogP contribution in [0.3, 0.4) is 0 Å². The molecule has 2 heterocycles. The zero-order valence-corrected chi connectivity index (χ0v) is 13.4. The van der Waals surface area contributed by atoms with Gasteiger partial charge in [0.25, 0.3) is 5.91 Å². The number of aromatic amines is 1. The number of carbonyl (C=O) groups is 2. The molecule has 0 saturated heterocycles. The lowest BCUT2D eigenvalue weighted by molar-refractivity contribution is -0.110. The monoisotopic (exact) mass is 360 g/mol. The van der Waals surface area contributed by atoms with E-state index in [1.54, 1.807) is 25.3 Å². The Bertz CT molecular complexity index is 792. The number of carbonyl (C=O) groups excluding carboxylic acids is 2. The highest BCUT2D eigenvalue weighted by atomic mass is 79.9. The highest BCUT2D eigenvalue weighted by Crippen LogP contribution is 2.35. The van der Waals surface area contributed by atoms with E-state index in [1.807, 2.05) is 18.2 Å². The molecule has 1 aliphatic heterocycles. The van der Waals surface area contributed by atoms with E-state index in [0.29, 0.717) is 23.4 Å². The van der Waals surface area contributed by atoms with Crippen molar-refractivity contribution in [2.75, 3.05) is 11.9 Å². The summed E-state index contributed by atoms with van der Waals surface area (Å²) in [7, 11) is 0. The minimum Gasteiger partial charge on any atom is -0.462 e. The second-order valence-electron chi connectivity index (χ2n) is 4.73. The molecule has 0 bridgehead atoms. The van der Waals surface area contributed by atoms with Crippen LogP contribution in [0.2, 0.25) is 0 Å². The summed E-state index contributed by atoms with van der Waals surface area (Å²) >= 11 is 3.40. The van der Waals surface area contributed by atoms with Crippen molar-refractivity contribution < 1.29 is 14.3 Å². The topological polar surface area (TPSA) is 71.2 Å². The minimum absolute atomic E-state index is 0.197. The Hall–Kier alpha value is -2.34. The maximum Gasteiger partial charge on any atom is 0.340 e. The van der Waals surface area contributed by atoms with Crippen LogP contribution in [0.25, 0.3) is 11.6 Å². The van der Waals surface area contributed by atoms with Gasteiger partial charge in [0.15, 0.2) is 0 Å². The van der Waals surface area contributed by atoms with Crippen LogP contribution in [0.15, 0.2) is 34.9 Å². The quantitative estimate of drug-likeness (QED) is 0.650. The third-order valence-electron chi connectivity index (χ3n) is 3.33. The normalized spacial score (nSPS) is 14.8. The molecule has 0 aliphatic carbocycles. The van der Waals surface area contributed by atoms with E-state index in [2.05, 4.69) is 26.2 Å². The summed E-state index contributed by atoms with van der Waals surface area (Å²) in [5.74, 6) is -0.610. The van der Waals surface area contributed by atoms with E-state index in [1.165, 1.54) is 0 Å². The lowest BCUT2D eigenvalue weighted by atomic mass is 10.1. The van der Waals surface area contributed by atoms with E-state index >= 15 is 0 Å². The first-order chi connectivity index (χ1) is 10.6. The number of hydrogen-bond acceptors (Lipinski definition) is 3. The van der Waals surface area contributed by atoms with Crippen molar-refractivity contribution in [3.8, 4) is 0 Å². The minimum atomic E-state index is -0.413. The number of rotatable bonds is 3. The van der Waals surface area contributed by atoms with Crippen molar-refractivity contribution >= 4 is 45.1 Å². The van der Waals surface area contributed by atoms with Crippen molar-refractivity contribution in [1.82, 2.24) is 4.98 Å². The standard InChI is InChI=1S/C16H13BrN2O3/c1-2-22-16(21)10-5-6-18-14(10)8-12-11-7-9(17)3-4-13(11)19-15(12)20/h3-8,18H,2H2,1H3,(H,19,20)/b12-8-. The van der Waals surface area contributed by atoms with Crippen LogP contribution < -0.4 is 5.32 Å². The number of esters is 1. The summed E-state index contributed by atoms with van der Waals surface area (Å²) in [5, 5.41) is 2.80. The summed E-state index contributed by atoms with van der Waals surface area (Å²) in [6, 6.07) is 7.20. The number of amides is 1. The molecule has 2 aromatic rings. The Kier molecular flexibility index (Phi) is 3.85. The molecule has 3 rings (SSSR count). The van der Waals surface area contributed by atoms with Gasteiger partial charge in [-0.2, -0.15) is 0 Å². The SMILES string of the molecule is CCOC(=O)c1cc[nH]c1/C=C1\C(=O)Nc2ccc(Br)cc21. The average molecular weight is 361 g/mol. The van der Waals surface area contributed by atoms with Gasteiger partial charge in [0.1, 0.15) is 0 Å². The zero-order chi connectivity index (χ0) is 15.7. The van der Waals surface area contributed by atoms with E-state index < -0.39 is 5.97 Å². The Balaban J connectivity index is 2.04. The maximum absolute atomic E-state index is 12.2. The number of benzene rings is 1. The third kappa shape index (κ3) is 2.57. The number of nitrogens with one attached hydrogen (secondary N) is 2. The summed E-state index contributed by atoms with van der Waals surface area (Å²) in [5.41, 5.74) is 3.01. The van der Waals surface area contributed by atoms with Crippen molar-refractivity contribution in [3.05, 3.63) is 51.8 Å². The second-order valence-corrected chi connectivity index (χ2v) is 5.64. The van der Waals surface area contributed by atoms with Crippen molar-refractivity contribution in [2.45, 2.75) is 6.92 Å². The van der Waals surface area contributed by atoms with Gasteiger partial charge in [-0.1, -0.05) is 15.9 Å². The molecule has 22 heavy (non-hydrogen) atoms. The number of H-pyrrole nitrogens is 1. The van der Waals surface area contributed by atoms with Gasteiger partial charge >= 0.3 is 5.97 Å². The van der Waals surface area contributed by atoms with Gasteiger partial charge in [-0.25, -0.2) is 4.79 Å². The van der Waals surface area contributed by atoms with Crippen LogP contribution in [0.4, 0.5) is 5.69 Å². The maximum atomic E-state index is 12.2. The first-order valence-corrected chi connectivity index (χ1v) is 7.57. The molecule has 1 aromatic heterocycles. The first-order valence-electron chi connectivity index (χ1n) is 6.77. The number of aromatic nitrogens is 1. The van der Waals surface area contributed by atoms with Crippen LogP contribution in [-0.4, -0.2) is 23.5 Å². The van der Waals surface area contributed by atoms with Crippen LogP contribution in [0.1, 0.15) is 28.5 Å². The first kappa shape index (κ1) is 14.6. The highest BCUT2D eigenvalue weighted by molar-refractivity contribution is 9.10. The fourth-order valence-corrected chi connectivity index (χ4v) is 2.70. The van der Waals surface area contributed by atoms with Gasteiger partial charge in [0.05, 0.1) is 23.4 Å². The number of halogens is 1. The average Bonchev–Trinajstić information content (AvgIpc) is 3.06. The Morgan fingerprint density at radius 1 is 1.36 bits per heavy atom. The van der Waals surface area contributed by atoms with Crippen LogP contribution in [-0.2, 0) is 9.53 Å². The molecule has 1 amide bonds. The zero-order valence-electron chi connectivity index (χ0n) is 11.8. The molecule has 6 heteroatoms. The molecule has 0 radical (unpaired) electrons. The van der Waals surface area contributed by atoms with Gasteiger partial charge in [-0.05, 0) is 37.3 Å². The smallest absolute Gasteiger partial charge is 0.340 e. The highest BCUT2D eigenvalue weighted by Gasteiger charge is 2.25.